The van der Waals surface area contributed by atoms with Crippen LogP contribution >= 0.6 is 0 Å². The fourth-order valence-electron chi connectivity index (χ4n) is 2.55. The molecule has 0 atom stereocenters. The lowest BCUT2D eigenvalue weighted by molar-refractivity contribution is -0.132. The number of nitrogens with two attached hydrogens (primary N) is 1. The number of hydrogen-bond acceptors (Lipinski definition) is 5. The summed E-state index contributed by atoms with van der Waals surface area (Å²) < 4.78 is 5.33. The van der Waals surface area contributed by atoms with Crippen molar-refractivity contribution in [3.05, 3.63) is 23.8 Å². The van der Waals surface area contributed by atoms with Crippen molar-refractivity contribution in [1.29, 1.82) is 0 Å². The molecule has 6 heteroatoms. The Balaban J connectivity index is 1.91. The predicted molar refractivity (Wildman–Crippen MR) is 84.1 cm³/mol. The lowest BCUT2D eigenvalue weighted by Crippen LogP contribution is -2.48. The van der Waals surface area contributed by atoms with E-state index < -0.39 is 5.41 Å². The topological polar surface area (TPSA) is 90.1 Å². The summed E-state index contributed by atoms with van der Waals surface area (Å²) in [7, 11) is 0. The van der Waals surface area contributed by atoms with Crippen LogP contribution in [-0.2, 0) is 21.5 Å². The second-order valence-corrected chi connectivity index (χ2v) is 7.03. The molecule has 1 fully saturated rings. The minimum atomic E-state index is -0.496. The summed E-state index contributed by atoms with van der Waals surface area (Å²) in [5.74, 6) is 0.580. The van der Waals surface area contributed by atoms with Crippen LogP contribution in [0.2, 0.25) is 0 Å². The zero-order valence-corrected chi connectivity index (χ0v) is 13.7. The van der Waals surface area contributed by atoms with Crippen molar-refractivity contribution in [2.24, 2.45) is 11.1 Å². The molecule has 1 saturated heterocycles. The zero-order chi connectivity index (χ0) is 16.2. The van der Waals surface area contributed by atoms with E-state index in [2.05, 4.69) is 36.1 Å². The molecule has 1 aromatic rings. The number of carbonyl (C=O) groups excluding carboxylic acids is 1. The van der Waals surface area contributed by atoms with Gasteiger partial charge in [0.25, 0.3) is 0 Å². The lowest BCUT2D eigenvalue weighted by Gasteiger charge is -2.34. The number of ether oxygens (including phenoxy) is 1. The van der Waals surface area contributed by atoms with Gasteiger partial charge in [0, 0.05) is 49.7 Å². The highest BCUT2D eigenvalue weighted by molar-refractivity contribution is 5.81. The smallest absolute Gasteiger partial charge is 0.225 e. The fourth-order valence-corrected chi connectivity index (χ4v) is 2.55. The standard InChI is InChI=1S/C16H26N4O2/c1-15(2,3)14-19-9-12(10-20-14)8-18-11-16(13(17)21)4-6-22-7-5-16/h9-10,18H,4-8,11H2,1-3H3,(H2,17,21). The first-order chi connectivity index (χ1) is 10.3. The molecular weight excluding hydrogens is 280 g/mol. The number of amides is 1. The monoisotopic (exact) mass is 306 g/mol. The van der Waals surface area contributed by atoms with Crippen molar-refractivity contribution in [3.8, 4) is 0 Å². The first kappa shape index (κ1) is 16.8. The zero-order valence-electron chi connectivity index (χ0n) is 13.7. The van der Waals surface area contributed by atoms with Gasteiger partial charge in [0.15, 0.2) is 0 Å². The quantitative estimate of drug-likeness (QED) is 0.851. The molecule has 1 aliphatic rings. The SMILES string of the molecule is CC(C)(C)c1ncc(CNCC2(C(N)=O)CCOCC2)cn1. The fraction of sp³-hybridized carbons (Fsp3) is 0.688. The van der Waals surface area contributed by atoms with Gasteiger partial charge in [0.2, 0.25) is 5.91 Å². The van der Waals surface area contributed by atoms with Gasteiger partial charge in [-0.1, -0.05) is 20.8 Å². The van der Waals surface area contributed by atoms with E-state index in [1.807, 2.05) is 12.4 Å². The molecule has 0 bridgehead atoms. The van der Waals surface area contributed by atoms with E-state index in [0.29, 0.717) is 39.1 Å². The van der Waals surface area contributed by atoms with E-state index in [1.165, 1.54) is 0 Å². The third kappa shape index (κ3) is 4.01. The molecule has 1 amide bonds. The van der Waals surface area contributed by atoms with Crippen LogP contribution in [0.15, 0.2) is 12.4 Å². The lowest BCUT2D eigenvalue weighted by atomic mass is 9.79. The molecule has 122 valence electrons. The molecule has 0 saturated carbocycles. The molecule has 22 heavy (non-hydrogen) atoms. The Morgan fingerprint density at radius 2 is 1.91 bits per heavy atom. The minimum absolute atomic E-state index is 0.0515. The van der Waals surface area contributed by atoms with Gasteiger partial charge in [-0.15, -0.1) is 0 Å². The van der Waals surface area contributed by atoms with Crippen molar-refractivity contribution in [2.75, 3.05) is 19.8 Å². The van der Waals surface area contributed by atoms with Crippen molar-refractivity contribution >= 4 is 5.91 Å². The Morgan fingerprint density at radius 3 is 2.41 bits per heavy atom. The van der Waals surface area contributed by atoms with Gasteiger partial charge in [-0.05, 0) is 12.8 Å². The summed E-state index contributed by atoms with van der Waals surface area (Å²) in [6, 6.07) is 0. The molecule has 1 aromatic heterocycles. The summed E-state index contributed by atoms with van der Waals surface area (Å²) in [6.07, 6.45) is 5.02. The molecule has 2 heterocycles. The van der Waals surface area contributed by atoms with Crippen LogP contribution in [0.3, 0.4) is 0 Å². The number of hydrogen-bond donors (Lipinski definition) is 2. The first-order valence-corrected chi connectivity index (χ1v) is 7.73. The molecule has 0 aliphatic carbocycles. The first-order valence-electron chi connectivity index (χ1n) is 7.73. The van der Waals surface area contributed by atoms with E-state index in [-0.39, 0.29) is 11.3 Å². The van der Waals surface area contributed by atoms with Crippen molar-refractivity contribution in [2.45, 2.75) is 45.6 Å². The van der Waals surface area contributed by atoms with Crippen LogP contribution in [0.1, 0.15) is 45.0 Å². The normalized spacial score (nSPS) is 18.1. The maximum absolute atomic E-state index is 11.8. The van der Waals surface area contributed by atoms with Crippen LogP contribution < -0.4 is 11.1 Å². The Bertz CT molecular complexity index is 502. The third-order valence-electron chi connectivity index (χ3n) is 4.14. The Kier molecular flexibility index (Phi) is 5.13. The van der Waals surface area contributed by atoms with Crippen molar-refractivity contribution in [3.63, 3.8) is 0 Å². The Morgan fingerprint density at radius 1 is 1.32 bits per heavy atom. The number of carbonyl (C=O) groups is 1. The largest absolute Gasteiger partial charge is 0.381 e. The van der Waals surface area contributed by atoms with Gasteiger partial charge in [-0.25, -0.2) is 9.97 Å². The number of primary amides is 1. The van der Waals surface area contributed by atoms with Crippen LogP contribution in [-0.4, -0.2) is 35.6 Å². The summed E-state index contributed by atoms with van der Waals surface area (Å²) in [5.41, 5.74) is 6.04. The Hall–Kier alpha value is -1.53. The van der Waals surface area contributed by atoms with Gasteiger partial charge < -0.3 is 15.8 Å². The minimum Gasteiger partial charge on any atom is -0.381 e. The Labute approximate surface area is 131 Å². The molecule has 0 spiro atoms. The highest BCUT2D eigenvalue weighted by Gasteiger charge is 2.37. The molecule has 0 unspecified atom stereocenters. The van der Waals surface area contributed by atoms with E-state index >= 15 is 0 Å². The molecule has 2 rings (SSSR count). The van der Waals surface area contributed by atoms with Gasteiger partial charge in [0.05, 0.1) is 5.41 Å². The molecule has 6 nitrogen and oxygen atoms in total. The maximum Gasteiger partial charge on any atom is 0.225 e. The highest BCUT2D eigenvalue weighted by Crippen LogP contribution is 2.29. The number of rotatable bonds is 5. The van der Waals surface area contributed by atoms with E-state index in [1.54, 1.807) is 0 Å². The average molecular weight is 306 g/mol. The highest BCUT2D eigenvalue weighted by atomic mass is 16.5. The van der Waals surface area contributed by atoms with Crippen LogP contribution in [0.5, 0.6) is 0 Å². The summed E-state index contributed by atoms with van der Waals surface area (Å²) >= 11 is 0. The molecular formula is C16H26N4O2. The molecule has 0 aromatic carbocycles. The van der Waals surface area contributed by atoms with Crippen molar-refractivity contribution in [1.82, 2.24) is 15.3 Å². The van der Waals surface area contributed by atoms with Gasteiger partial charge in [-0.2, -0.15) is 0 Å². The second-order valence-electron chi connectivity index (χ2n) is 7.03. The maximum atomic E-state index is 11.8. The van der Waals surface area contributed by atoms with Crippen LogP contribution in [0.25, 0.3) is 0 Å². The van der Waals surface area contributed by atoms with Gasteiger partial charge in [0.1, 0.15) is 5.82 Å². The summed E-state index contributed by atoms with van der Waals surface area (Å²) in [4.78, 5) is 20.6. The summed E-state index contributed by atoms with van der Waals surface area (Å²) in [5, 5.41) is 3.32. The van der Waals surface area contributed by atoms with Crippen LogP contribution in [0.4, 0.5) is 0 Å². The predicted octanol–water partition coefficient (Wildman–Crippen LogP) is 1.15. The van der Waals surface area contributed by atoms with E-state index in [4.69, 9.17) is 10.5 Å². The average Bonchev–Trinajstić information content (AvgIpc) is 2.48. The van der Waals surface area contributed by atoms with Gasteiger partial charge >= 0.3 is 0 Å². The molecule has 3 N–H and O–H groups in total. The third-order valence-corrected chi connectivity index (χ3v) is 4.14. The van der Waals surface area contributed by atoms with Crippen LogP contribution in [0, 0.1) is 5.41 Å². The molecule has 0 radical (unpaired) electrons. The molecule has 1 aliphatic heterocycles. The second kappa shape index (κ2) is 6.71. The number of aromatic nitrogens is 2. The van der Waals surface area contributed by atoms with Gasteiger partial charge in [-0.3, -0.25) is 4.79 Å². The summed E-state index contributed by atoms with van der Waals surface area (Å²) in [6.45, 7) is 8.63. The van der Waals surface area contributed by atoms with E-state index in [9.17, 15) is 4.79 Å². The van der Waals surface area contributed by atoms with Crippen molar-refractivity contribution < 1.29 is 9.53 Å². The number of nitrogens with zero attached hydrogens (tertiary/aromatic N) is 2. The van der Waals surface area contributed by atoms with E-state index in [0.717, 1.165) is 11.4 Å². The number of nitrogens with one attached hydrogen (secondary N) is 1.